The third-order valence-corrected chi connectivity index (χ3v) is 3.72. The van der Waals surface area contributed by atoms with Gasteiger partial charge in [-0.15, -0.1) is 0 Å². The van der Waals surface area contributed by atoms with Gasteiger partial charge < -0.3 is 9.52 Å². The maximum absolute atomic E-state index is 9.94. The first kappa shape index (κ1) is 16.1. The number of furan rings is 1. The summed E-state index contributed by atoms with van der Waals surface area (Å²) < 4.78 is 3.65. The fraction of sp³-hybridized carbons (Fsp3) is 0.125. The first-order valence-electron chi connectivity index (χ1n) is 6.66. The molecule has 0 atom stereocenters. The largest absolute Gasteiger partial charge is 0.508 e. The number of aliphatic hydroxyl groups excluding tert-OH is 1. The van der Waals surface area contributed by atoms with Crippen LogP contribution in [-0.4, -0.2) is 18.9 Å². The lowest BCUT2D eigenvalue weighted by Gasteiger charge is -2.09. The Hall–Kier alpha value is -1.75. The van der Waals surface area contributed by atoms with Crippen molar-refractivity contribution >= 4 is 52.0 Å². The molecule has 0 radical (unpaired) electrons. The normalized spacial score (nSPS) is 12.8. The molecule has 0 aliphatic carbocycles. The lowest BCUT2D eigenvalue weighted by atomic mass is 10.2. The number of halogens is 3. The van der Waals surface area contributed by atoms with Crippen molar-refractivity contribution < 1.29 is 9.52 Å². The molecule has 0 unspecified atom stereocenters. The number of rotatable bonds is 2. The minimum Gasteiger partial charge on any atom is -0.508 e. The molecule has 0 aliphatic heterocycles. The average molecular weight is 370 g/mol. The highest BCUT2D eigenvalue weighted by Crippen LogP contribution is 2.35. The summed E-state index contributed by atoms with van der Waals surface area (Å²) in [6.07, 6.45) is 1.30. The van der Waals surface area contributed by atoms with Gasteiger partial charge in [-0.3, -0.25) is 0 Å². The Balaban J connectivity index is 2.23. The lowest BCUT2D eigenvalue weighted by molar-refractivity contribution is 0.407. The summed E-state index contributed by atoms with van der Waals surface area (Å²) in [5, 5.41) is 10.6. The molecule has 0 bridgehead atoms. The quantitative estimate of drug-likeness (QED) is 0.481. The van der Waals surface area contributed by atoms with Gasteiger partial charge >= 0.3 is 0 Å². The zero-order chi connectivity index (χ0) is 16.6. The van der Waals surface area contributed by atoms with Gasteiger partial charge in [-0.2, -0.15) is 4.98 Å². The second kappa shape index (κ2) is 6.04. The smallest absolute Gasteiger partial charge is 0.247 e. The monoisotopic (exact) mass is 368 g/mol. The summed E-state index contributed by atoms with van der Waals surface area (Å²) >= 11 is 17.1. The number of allylic oxidation sites excluding steroid dienone is 1. The molecule has 3 rings (SSSR count). The molecule has 2 heterocycles. The summed E-state index contributed by atoms with van der Waals surface area (Å²) in [5.74, 6) is 0.693. The molecule has 0 saturated heterocycles. The molecule has 3 aromatic rings. The molecule has 0 fully saturated rings. The number of aryl methyl sites for hydroxylation is 1. The zero-order valence-corrected chi connectivity index (χ0v) is 14.2. The van der Waals surface area contributed by atoms with Gasteiger partial charge in [0, 0.05) is 11.6 Å². The Kier molecular flexibility index (Phi) is 4.23. The Morgan fingerprint density at radius 1 is 1.17 bits per heavy atom. The van der Waals surface area contributed by atoms with Crippen molar-refractivity contribution in [3.05, 3.63) is 53.6 Å². The fourth-order valence-electron chi connectivity index (χ4n) is 2.10. The Morgan fingerprint density at radius 2 is 1.87 bits per heavy atom. The summed E-state index contributed by atoms with van der Waals surface area (Å²) in [5.41, 5.74) is 1.63. The Morgan fingerprint density at radius 3 is 2.52 bits per heavy atom. The van der Waals surface area contributed by atoms with Gasteiger partial charge in [0.2, 0.25) is 9.51 Å². The minimum atomic E-state index is -1.93. The van der Waals surface area contributed by atoms with Crippen molar-refractivity contribution in [3.63, 3.8) is 0 Å². The summed E-state index contributed by atoms with van der Waals surface area (Å²) in [4.78, 5) is 8.86. The molecule has 1 aromatic carbocycles. The predicted octanol–water partition coefficient (Wildman–Crippen LogP) is 5.47. The van der Waals surface area contributed by atoms with Crippen molar-refractivity contribution in [2.45, 2.75) is 10.7 Å². The minimum absolute atomic E-state index is 0.403. The van der Waals surface area contributed by atoms with Crippen molar-refractivity contribution in [3.8, 4) is 11.4 Å². The molecule has 7 heteroatoms. The molecule has 4 nitrogen and oxygen atoms in total. The number of aromatic nitrogens is 2. The van der Waals surface area contributed by atoms with Crippen LogP contribution >= 0.6 is 34.8 Å². The number of benzene rings is 1. The van der Waals surface area contributed by atoms with Gasteiger partial charge in [-0.1, -0.05) is 65.1 Å². The van der Waals surface area contributed by atoms with Crippen LogP contribution in [0.3, 0.4) is 0 Å². The van der Waals surface area contributed by atoms with E-state index in [0.29, 0.717) is 28.4 Å². The number of hydrogen-bond acceptors (Lipinski definition) is 4. The first-order valence-corrected chi connectivity index (χ1v) is 7.79. The molecule has 1 N–H and O–H groups in total. The summed E-state index contributed by atoms with van der Waals surface area (Å²) in [6.45, 7) is 1.80. The molecule has 2 aromatic heterocycles. The van der Waals surface area contributed by atoms with E-state index in [1.54, 1.807) is 13.0 Å². The first-order chi connectivity index (χ1) is 10.8. The Bertz CT molecular complexity index is 883. The SMILES string of the molecule is Cc1cc2c(/C=C(\O)C(Cl)(Cl)Cl)nc(-c3ccccc3)nc2o1. The lowest BCUT2D eigenvalue weighted by Crippen LogP contribution is -2.06. The van der Waals surface area contributed by atoms with Crippen molar-refractivity contribution in [2.24, 2.45) is 0 Å². The van der Waals surface area contributed by atoms with E-state index in [2.05, 4.69) is 9.97 Å². The van der Waals surface area contributed by atoms with Gasteiger partial charge in [0.15, 0.2) is 5.82 Å². The van der Waals surface area contributed by atoms with Crippen molar-refractivity contribution in [1.29, 1.82) is 0 Å². The van der Waals surface area contributed by atoms with Gasteiger partial charge in [0.1, 0.15) is 11.5 Å². The maximum Gasteiger partial charge on any atom is 0.247 e. The third kappa shape index (κ3) is 3.44. The second-order valence-electron chi connectivity index (χ2n) is 4.90. The number of fused-ring (bicyclic) bond motifs is 1. The van der Waals surface area contributed by atoms with E-state index in [9.17, 15) is 5.11 Å². The van der Waals surface area contributed by atoms with Crippen molar-refractivity contribution in [1.82, 2.24) is 9.97 Å². The number of aliphatic hydroxyl groups is 1. The van der Waals surface area contributed by atoms with Gasteiger partial charge in [0.25, 0.3) is 0 Å². The van der Waals surface area contributed by atoms with E-state index in [1.807, 2.05) is 30.3 Å². The molecule has 0 spiro atoms. The van der Waals surface area contributed by atoms with Crippen LogP contribution in [0.25, 0.3) is 28.6 Å². The molecule has 0 amide bonds. The van der Waals surface area contributed by atoms with Gasteiger partial charge in [0.05, 0.1) is 11.1 Å². The second-order valence-corrected chi connectivity index (χ2v) is 7.18. The third-order valence-electron chi connectivity index (χ3n) is 3.14. The number of nitrogens with zero attached hydrogens (tertiary/aromatic N) is 2. The van der Waals surface area contributed by atoms with E-state index in [1.165, 1.54) is 6.08 Å². The van der Waals surface area contributed by atoms with Gasteiger partial charge in [-0.05, 0) is 13.0 Å². The highest BCUT2D eigenvalue weighted by atomic mass is 35.6. The maximum atomic E-state index is 9.94. The summed E-state index contributed by atoms with van der Waals surface area (Å²) in [7, 11) is 0. The van der Waals surface area contributed by atoms with Crippen LogP contribution in [0.15, 0.2) is 46.6 Å². The predicted molar refractivity (Wildman–Crippen MR) is 92.9 cm³/mol. The van der Waals surface area contributed by atoms with Crippen LogP contribution in [0.2, 0.25) is 0 Å². The van der Waals surface area contributed by atoms with E-state index >= 15 is 0 Å². The molecule has 0 saturated carbocycles. The molecular formula is C16H11Cl3N2O2. The summed E-state index contributed by atoms with van der Waals surface area (Å²) in [6, 6.07) is 11.2. The van der Waals surface area contributed by atoms with Crippen LogP contribution in [-0.2, 0) is 0 Å². The molecule has 23 heavy (non-hydrogen) atoms. The fourth-order valence-corrected chi connectivity index (χ4v) is 2.27. The standard InChI is InChI=1S/C16H11Cl3N2O2/c1-9-7-11-12(8-13(22)16(17,18)19)20-14(21-15(11)23-9)10-5-3-2-4-6-10/h2-8,22H,1H3/b13-8-. The highest BCUT2D eigenvalue weighted by Gasteiger charge is 2.26. The van der Waals surface area contributed by atoms with Crippen LogP contribution in [0.5, 0.6) is 0 Å². The van der Waals surface area contributed by atoms with E-state index in [4.69, 9.17) is 39.2 Å². The van der Waals surface area contributed by atoms with Crippen LogP contribution in [0, 0.1) is 6.92 Å². The molecular weight excluding hydrogens is 359 g/mol. The van der Waals surface area contributed by atoms with Crippen LogP contribution < -0.4 is 0 Å². The van der Waals surface area contributed by atoms with Crippen LogP contribution in [0.4, 0.5) is 0 Å². The van der Waals surface area contributed by atoms with Gasteiger partial charge in [-0.25, -0.2) is 4.98 Å². The topological polar surface area (TPSA) is 59.2 Å². The van der Waals surface area contributed by atoms with Crippen LogP contribution in [0.1, 0.15) is 11.5 Å². The zero-order valence-electron chi connectivity index (χ0n) is 11.9. The average Bonchev–Trinajstić information content (AvgIpc) is 2.87. The molecule has 0 aliphatic rings. The Labute approximate surface area is 147 Å². The van der Waals surface area contributed by atoms with E-state index in [0.717, 1.165) is 5.56 Å². The number of hydrogen-bond donors (Lipinski definition) is 1. The number of alkyl halides is 3. The highest BCUT2D eigenvalue weighted by molar-refractivity contribution is 6.69. The van der Waals surface area contributed by atoms with E-state index in [-0.39, 0.29) is 0 Å². The van der Waals surface area contributed by atoms with Crippen molar-refractivity contribution in [2.75, 3.05) is 0 Å². The molecule has 118 valence electrons. The van der Waals surface area contributed by atoms with E-state index < -0.39 is 9.55 Å².